The highest BCUT2D eigenvalue weighted by Crippen LogP contribution is 1.97. The lowest BCUT2D eigenvalue weighted by Gasteiger charge is -2.19. The second kappa shape index (κ2) is 6.50. The van der Waals surface area contributed by atoms with Crippen LogP contribution in [0.5, 0.6) is 0 Å². The summed E-state index contributed by atoms with van der Waals surface area (Å²) in [6, 6.07) is -0.535. The van der Waals surface area contributed by atoms with Crippen LogP contribution in [0.25, 0.3) is 0 Å². The number of carbonyl (C=O) groups is 1. The van der Waals surface area contributed by atoms with Crippen molar-refractivity contribution in [3.05, 3.63) is 0 Å². The van der Waals surface area contributed by atoms with Gasteiger partial charge in [-0.3, -0.25) is 4.79 Å². The van der Waals surface area contributed by atoms with Crippen LogP contribution in [-0.4, -0.2) is 30.4 Å². The van der Waals surface area contributed by atoms with E-state index in [1.165, 1.54) is 0 Å². The Morgan fingerprint density at radius 3 is 2.77 bits per heavy atom. The average molecular weight is 182 g/mol. The lowest BCUT2D eigenvalue weighted by molar-refractivity contribution is -0.131. The van der Waals surface area contributed by atoms with Crippen LogP contribution in [0.2, 0.25) is 0 Å². The van der Waals surface area contributed by atoms with E-state index in [4.69, 9.17) is 12.2 Å². The van der Waals surface area contributed by atoms with Gasteiger partial charge in [-0.25, -0.2) is 0 Å². The molecule has 74 valence electrons. The minimum Gasteiger partial charge on any atom is -0.344 e. The Kier molecular flexibility index (Phi) is 5.99. The largest absolute Gasteiger partial charge is 0.344 e. The Labute approximate surface area is 80.3 Å². The zero-order chi connectivity index (χ0) is 10.3. The van der Waals surface area contributed by atoms with Crippen molar-refractivity contribution < 1.29 is 4.79 Å². The topological polar surface area (TPSA) is 46.3 Å². The number of hydrogen-bond donors (Lipinski definition) is 1. The molecule has 0 fully saturated rings. The van der Waals surface area contributed by atoms with Gasteiger partial charge in [0.1, 0.15) is 0 Å². The maximum absolute atomic E-state index is 11.4. The van der Waals surface area contributed by atoms with Crippen molar-refractivity contribution in [2.75, 3.05) is 13.6 Å². The van der Waals surface area contributed by atoms with Crippen molar-refractivity contribution in [2.24, 2.45) is 5.73 Å². The lowest BCUT2D eigenvalue weighted by atomic mass is 10.2. The van der Waals surface area contributed by atoms with Crippen LogP contribution in [0.4, 0.5) is 0 Å². The summed E-state index contributed by atoms with van der Waals surface area (Å²) in [6.07, 6.45) is 7.46. The molecule has 0 aliphatic rings. The Morgan fingerprint density at radius 2 is 2.31 bits per heavy atom. The number of carbonyl (C=O) groups excluding carboxylic acids is 1. The highest BCUT2D eigenvalue weighted by atomic mass is 16.2. The number of nitrogens with two attached hydrogens (primary N) is 1. The summed E-state index contributed by atoms with van der Waals surface area (Å²) >= 11 is 0. The maximum atomic E-state index is 11.4. The van der Waals surface area contributed by atoms with Gasteiger partial charge in [-0.1, -0.05) is 13.3 Å². The quantitative estimate of drug-likeness (QED) is 0.633. The third kappa shape index (κ3) is 4.54. The predicted octanol–water partition coefficient (Wildman–Crippen LogP) is 0.595. The van der Waals surface area contributed by atoms with E-state index in [2.05, 4.69) is 12.8 Å². The molecule has 0 heterocycles. The first-order valence-electron chi connectivity index (χ1n) is 4.57. The van der Waals surface area contributed by atoms with Crippen LogP contribution >= 0.6 is 0 Å². The highest BCUT2D eigenvalue weighted by molar-refractivity contribution is 5.81. The Balaban J connectivity index is 3.88. The molecule has 0 aromatic heterocycles. The van der Waals surface area contributed by atoms with Gasteiger partial charge in [-0.05, 0) is 6.42 Å². The number of unbranched alkanes of at least 4 members (excludes halogenated alkanes) is 1. The smallest absolute Gasteiger partial charge is 0.240 e. The number of terminal acetylenes is 1. The summed E-state index contributed by atoms with van der Waals surface area (Å²) in [5, 5.41) is 0. The van der Waals surface area contributed by atoms with Gasteiger partial charge in [0.15, 0.2) is 0 Å². The summed E-state index contributed by atoms with van der Waals surface area (Å²) in [4.78, 5) is 13.1. The lowest BCUT2D eigenvalue weighted by Crippen LogP contribution is -2.41. The van der Waals surface area contributed by atoms with Crippen LogP contribution in [0.1, 0.15) is 26.2 Å². The number of hydrogen-bond acceptors (Lipinski definition) is 2. The Hall–Kier alpha value is -1.01. The molecule has 0 aromatic rings. The van der Waals surface area contributed by atoms with E-state index in [1.54, 1.807) is 11.9 Å². The summed E-state index contributed by atoms with van der Waals surface area (Å²) in [5.41, 5.74) is 5.57. The second-order valence-corrected chi connectivity index (χ2v) is 3.13. The number of likely N-dealkylation sites (N-methyl/N-ethyl adjacent to an activating group) is 1. The van der Waals surface area contributed by atoms with Gasteiger partial charge in [-0.15, -0.1) is 12.3 Å². The van der Waals surface area contributed by atoms with E-state index in [-0.39, 0.29) is 5.91 Å². The molecule has 0 saturated heterocycles. The predicted molar refractivity (Wildman–Crippen MR) is 54.0 cm³/mol. The number of nitrogens with zero attached hydrogens (tertiary/aromatic N) is 1. The standard InChI is InChI=1S/C10H18N2O/c1-4-6-8-12(3)10(13)9(11)7-5-2/h2,9H,4,6-8,11H2,1,3H3. The van der Waals surface area contributed by atoms with Gasteiger partial charge in [-0.2, -0.15) is 0 Å². The average Bonchev–Trinajstić information content (AvgIpc) is 2.13. The minimum atomic E-state index is -0.535. The van der Waals surface area contributed by atoms with E-state index in [0.717, 1.165) is 19.4 Å². The molecule has 0 spiro atoms. The van der Waals surface area contributed by atoms with Crippen molar-refractivity contribution in [3.8, 4) is 12.3 Å². The monoisotopic (exact) mass is 182 g/mol. The fourth-order valence-electron chi connectivity index (χ4n) is 1.00. The normalized spacial score (nSPS) is 11.8. The molecule has 1 amide bonds. The van der Waals surface area contributed by atoms with E-state index in [9.17, 15) is 4.79 Å². The summed E-state index contributed by atoms with van der Waals surface area (Å²) in [7, 11) is 1.76. The maximum Gasteiger partial charge on any atom is 0.240 e. The molecule has 2 N–H and O–H groups in total. The molecule has 0 saturated carbocycles. The molecule has 0 aromatic carbocycles. The zero-order valence-electron chi connectivity index (χ0n) is 8.42. The summed E-state index contributed by atoms with van der Waals surface area (Å²) in [5.74, 6) is 2.32. The van der Waals surface area contributed by atoms with Crippen LogP contribution < -0.4 is 5.73 Å². The van der Waals surface area contributed by atoms with Crippen molar-refractivity contribution in [2.45, 2.75) is 32.2 Å². The SMILES string of the molecule is C#CCC(N)C(=O)N(C)CCCC. The van der Waals surface area contributed by atoms with E-state index >= 15 is 0 Å². The zero-order valence-corrected chi connectivity index (χ0v) is 8.42. The van der Waals surface area contributed by atoms with E-state index in [1.807, 2.05) is 0 Å². The highest BCUT2D eigenvalue weighted by Gasteiger charge is 2.15. The molecule has 13 heavy (non-hydrogen) atoms. The molecule has 3 heteroatoms. The van der Waals surface area contributed by atoms with Gasteiger partial charge in [0.25, 0.3) is 0 Å². The van der Waals surface area contributed by atoms with Crippen LogP contribution in [0.15, 0.2) is 0 Å². The second-order valence-electron chi connectivity index (χ2n) is 3.13. The summed E-state index contributed by atoms with van der Waals surface area (Å²) < 4.78 is 0. The van der Waals surface area contributed by atoms with Gasteiger partial charge < -0.3 is 10.6 Å². The third-order valence-electron chi connectivity index (χ3n) is 1.88. The molecule has 0 aliphatic heterocycles. The third-order valence-corrected chi connectivity index (χ3v) is 1.88. The first kappa shape index (κ1) is 12.0. The van der Waals surface area contributed by atoms with Crippen molar-refractivity contribution in [1.82, 2.24) is 4.90 Å². The minimum absolute atomic E-state index is 0.0635. The molecular weight excluding hydrogens is 164 g/mol. The van der Waals surface area contributed by atoms with Crippen molar-refractivity contribution >= 4 is 5.91 Å². The first-order chi connectivity index (χ1) is 6.13. The van der Waals surface area contributed by atoms with Crippen LogP contribution in [0.3, 0.4) is 0 Å². The molecule has 0 radical (unpaired) electrons. The van der Waals surface area contributed by atoms with Crippen molar-refractivity contribution in [3.63, 3.8) is 0 Å². The van der Waals surface area contributed by atoms with Gasteiger partial charge in [0.2, 0.25) is 5.91 Å². The number of amides is 1. The van der Waals surface area contributed by atoms with Gasteiger partial charge in [0.05, 0.1) is 6.04 Å². The molecule has 0 aliphatic carbocycles. The fourth-order valence-corrected chi connectivity index (χ4v) is 1.00. The molecule has 0 bridgehead atoms. The molecule has 0 rings (SSSR count). The first-order valence-corrected chi connectivity index (χ1v) is 4.57. The Bertz CT molecular complexity index is 196. The fraction of sp³-hybridized carbons (Fsp3) is 0.700. The molecule has 1 atom stereocenters. The molecule has 3 nitrogen and oxygen atoms in total. The van der Waals surface area contributed by atoms with Crippen LogP contribution in [-0.2, 0) is 4.79 Å². The molecule has 1 unspecified atom stereocenters. The van der Waals surface area contributed by atoms with Crippen molar-refractivity contribution in [1.29, 1.82) is 0 Å². The Morgan fingerprint density at radius 1 is 1.69 bits per heavy atom. The van der Waals surface area contributed by atoms with Crippen LogP contribution in [0, 0.1) is 12.3 Å². The van der Waals surface area contributed by atoms with E-state index in [0.29, 0.717) is 6.42 Å². The van der Waals surface area contributed by atoms with E-state index < -0.39 is 6.04 Å². The number of rotatable bonds is 5. The summed E-state index contributed by atoms with van der Waals surface area (Å²) in [6.45, 7) is 2.84. The molecular formula is C10H18N2O. The van der Waals surface area contributed by atoms with Gasteiger partial charge in [0, 0.05) is 20.0 Å². The van der Waals surface area contributed by atoms with Gasteiger partial charge >= 0.3 is 0 Å².